The molecule has 1 aliphatic rings. The second-order valence-corrected chi connectivity index (χ2v) is 7.14. The molecule has 1 aliphatic heterocycles. The van der Waals surface area contributed by atoms with Crippen LogP contribution in [0.2, 0.25) is 0 Å². The average Bonchev–Trinajstić information content (AvgIpc) is 3.10. The summed E-state index contributed by atoms with van der Waals surface area (Å²) in [6.45, 7) is 4.53. The van der Waals surface area contributed by atoms with Crippen LogP contribution in [0.5, 0.6) is 5.88 Å². The summed E-state index contributed by atoms with van der Waals surface area (Å²) in [6, 6.07) is 12.1. The third kappa shape index (κ3) is 4.10. The van der Waals surface area contributed by atoms with Crippen LogP contribution in [-0.2, 0) is 11.3 Å². The Kier molecular flexibility index (Phi) is 5.05. The Bertz CT molecular complexity index is 929. The summed E-state index contributed by atoms with van der Waals surface area (Å²) in [5.41, 5.74) is 2.01. The van der Waals surface area contributed by atoms with Crippen molar-refractivity contribution >= 4 is 16.8 Å². The lowest BCUT2D eigenvalue weighted by Crippen LogP contribution is -2.41. The van der Waals surface area contributed by atoms with Crippen LogP contribution >= 0.6 is 0 Å². The van der Waals surface area contributed by atoms with Crippen LogP contribution in [0, 0.1) is 12.8 Å². The number of piperidine rings is 1. The van der Waals surface area contributed by atoms with Gasteiger partial charge in [0.05, 0.1) is 6.61 Å². The second kappa shape index (κ2) is 7.78. The molecule has 1 aromatic carbocycles. The predicted molar refractivity (Wildman–Crippen MR) is 104 cm³/mol. The number of amides is 1. The molecule has 0 N–H and O–H groups in total. The topological polar surface area (TPSA) is 60.2 Å². The number of hydrogen-bond donors (Lipinski definition) is 0. The van der Waals surface area contributed by atoms with Crippen molar-refractivity contribution in [1.82, 2.24) is 19.4 Å². The van der Waals surface area contributed by atoms with Crippen LogP contribution < -0.4 is 4.74 Å². The van der Waals surface area contributed by atoms with Gasteiger partial charge in [0, 0.05) is 36.6 Å². The van der Waals surface area contributed by atoms with Gasteiger partial charge in [0.25, 0.3) is 0 Å². The maximum atomic E-state index is 12.7. The summed E-state index contributed by atoms with van der Waals surface area (Å²) in [4.78, 5) is 22.9. The SMILES string of the molecule is Cc1cc(OCC2CCN(C(=O)Cn3ccc4ccccc43)CC2)ncn1. The molecule has 27 heavy (non-hydrogen) atoms. The number of carbonyl (C=O) groups is 1. The molecular weight excluding hydrogens is 340 g/mol. The molecule has 2 aromatic heterocycles. The molecular formula is C21H24N4O2. The molecule has 0 atom stereocenters. The number of rotatable bonds is 5. The molecule has 3 heterocycles. The van der Waals surface area contributed by atoms with Crippen LogP contribution in [-0.4, -0.2) is 45.0 Å². The number of aromatic nitrogens is 3. The van der Waals surface area contributed by atoms with Gasteiger partial charge in [-0.05, 0) is 43.2 Å². The maximum absolute atomic E-state index is 12.7. The quantitative estimate of drug-likeness (QED) is 0.698. The number of hydrogen-bond acceptors (Lipinski definition) is 4. The van der Waals surface area contributed by atoms with Crippen molar-refractivity contribution in [2.45, 2.75) is 26.3 Å². The Hall–Kier alpha value is -2.89. The first-order valence-electron chi connectivity index (χ1n) is 9.42. The minimum atomic E-state index is 0.183. The number of ether oxygens (including phenoxy) is 1. The molecule has 1 saturated heterocycles. The van der Waals surface area contributed by atoms with Crippen LogP contribution in [0.25, 0.3) is 10.9 Å². The highest BCUT2D eigenvalue weighted by Gasteiger charge is 2.23. The molecule has 0 aliphatic carbocycles. The highest BCUT2D eigenvalue weighted by atomic mass is 16.5. The summed E-state index contributed by atoms with van der Waals surface area (Å²) in [5, 5.41) is 1.17. The van der Waals surface area contributed by atoms with E-state index < -0.39 is 0 Å². The molecule has 0 spiro atoms. The van der Waals surface area contributed by atoms with Crippen LogP contribution in [0.1, 0.15) is 18.5 Å². The van der Waals surface area contributed by atoms with E-state index in [4.69, 9.17) is 4.74 Å². The van der Waals surface area contributed by atoms with Crippen LogP contribution in [0.4, 0.5) is 0 Å². The van der Waals surface area contributed by atoms with Crippen molar-refractivity contribution < 1.29 is 9.53 Å². The molecule has 4 rings (SSSR count). The summed E-state index contributed by atoms with van der Waals surface area (Å²) < 4.78 is 7.83. The third-order valence-corrected chi connectivity index (χ3v) is 5.20. The number of aryl methyl sites for hydroxylation is 1. The van der Waals surface area contributed by atoms with Crippen LogP contribution in [0.3, 0.4) is 0 Å². The van der Waals surface area contributed by atoms with Crippen molar-refractivity contribution in [1.29, 1.82) is 0 Å². The Morgan fingerprint density at radius 2 is 2.00 bits per heavy atom. The number of nitrogens with zero attached hydrogens (tertiary/aromatic N) is 4. The molecule has 1 amide bonds. The number of carbonyl (C=O) groups excluding carboxylic acids is 1. The summed E-state index contributed by atoms with van der Waals surface area (Å²) >= 11 is 0. The largest absolute Gasteiger partial charge is 0.477 e. The van der Waals surface area contributed by atoms with Gasteiger partial charge >= 0.3 is 0 Å². The van der Waals surface area contributed by atoms with E-state index >= 15 is 0 Å². The van der Waals surface area contributed by atoms with Crippen molar-refractivity contribution in [2.24, 2.45) is 5.92 Å². The van der Waals surface area contributed by atoms with Gasteiger partial charge in [0.1, 0.15) is 12.9 Å². The van der Waals surface area contributed by atoms with E-state index in [0.29, 0.717) is 24.9 Å². The monoisotopic (exact) mass is 364 g/mol. The van der Waals surface area contributed by atoms with Gasteiger partial charge in [-0.2, -0.15) is 0 Å². The minimum absolute atomic E-state index is 0.183. The van der Waals surface area contributed by atoms with Gasteiger partial charge in [-0.15, -0.1) is 0 Å². The molecule has 140 valence electrons. The average molecular weight is 364 g/mol. The first kappa shape index (κ1) is 17.5. The van der Waals surface area contributed by atoms with Gasteiger partial charge in [0.2, 0.25) is 11.8 Å². The lowest BCUT2D eigenvalue weighted by Gasteiger charge is -2.32. The normalized spacial score (nSPS) is 15.2. The molecule has 1 fully saturated rings. The minimum Gasteiger partial charge on any atom is -0.477 e. The second-order valence-electron chi connectivity index (χ2n) is 7.14. The Morgan fingerprint density at radius 1 is 1.19 bits per heavy atom. The van der Waals surface area contributed by atoms with Gasteiger partial charge < -0.3 is 14.2 Å². The van der Waals surface area contributed by atoms with E-state index in [1.165, 1.54) is 11.7 Å². The number of likely N-dealkylation sites (tertiary alicyclic amines) is 1. The Morgan fingerprint density at radius 3 is 2.81 bits per heavy atom. The molecule has 6 heteroatoms. The van der Waals surface area contributed by atoms with Gasteiger partial charge in [-0.1, -0.05) is 18.2 Å². The standard InChI is InChI=1S/C21H24N4O2/c1-16-12-20(23-15-22-16)27-14-17-6-9-24(10-7-17)21(26)13-25-11-8-18-4-2-3-5-19(18)25/h2-5,8,11-12,15,17H,6-7,9-10,13-14H2,1H3. The highest BCUT2D eigenvalue weighted by Crippen LogP contribution is 2.20. The van der Waals surface area contributed by atoms with E-state index in [1.54, 1.807) is 0 Å². The smallest absolute Gasteiger partial charge is 0.242 e. The fourth-order valence-corrected chi connectivity index (χ4v) is 3.59. The zero-order valence-corrected chi connectivity index (χ0v) is 15.5. The number of para-hydroxylation sites is 1. The molecule has 0 radical (unpaired) electrons. The van der Waals surface area contributed by atoms with E-state index in [-0.39, 0.29) is 5.91 Å². The van der Waals surface area contributed by atoms with Crippen molar-refractivity contribution in [2.75, 3.05) is 19.7 Å². The fraction of sp³-hybridized carbons (Fsp3) is 0.381. The Labute approximate surface area is 158 Å². The first-order valence-corrected chi connectivity index (χ1v) is 9.42. The molecule has 0 bridgehead atoms. The van der Waals surface area contributed by atoms with E-state index in [1.807, 2.05) is 40.8 Å². The lowest BCUT2D eigenvalue weighted by molar-refractivity contribution is -0.133. The fourth-order valence-electron chi connectivity index (χ4n) is 3.59. The number of fused-ring (bicyclic) bond motifs is 1. The number of benzene rings is 1. The van der Waals surface area contributed by atoms with Gasteiger partial charge in [-0.3, -0.25) is 4.79 Å². The van der Waals surface area contributed by atoms with Crippen molar-refractivity contribution in [3.05, 3.63) is 54.6 Å². The highest BCUT2D eigenvalue weighted by molar-refractivity contribution is 5.83. The van der Waals surface area contributed by atoms with E-state index in [2.05, 4.69) is 28.2 Å². The van der Waals surface area contributed by atoms with Crippen molar-refractivity contribution in [3.8, 4) is 5.88 Å². The first-order chi connectivity index (χ1) is 13.2. The van der Waals surface area contributed by atoms with Gasteiger partial charge in [0.15, 0.2) is 0 Å². The van der Waals surface area contributed by atoms with Gasteiger partial charge in [-0.25, -0.2) is 9.97 Å². The van der Waals surface area contributed by atoms with E-state index in [0.717, 1.165) is 37.1 Å². The molecule has 0 unspecified atom stereocenters. The summed E-state index contributed by atoms with van der Waals surface area (Å²) in [7, 11) is 0. The summed E-state index contributed by atoms with van der Waals surface area (Å²) in [5.74, 6) is 1.26. The predicted octanol–water partition coefficient (Wildman–Crippen LogP) is 3.06. The lowest BCUT2D eigenvalue weighted by atomic mass is 9.98. The third-order valence-electron chi connectivity index (χ3n) is 5.20. The summed E-state index contributed by atoms with van der Waals surface area (Å²) in [6.07, 6.45) is 5.44. The van der Waals surface area contributed by atoms with Crippen molar-refractivity contribution in [3.63, 3.8) is 0 Å². The Balaban J connectivity index is 1.28. The maximum Gasteiger partial charge on any atom is 0.242 e. The zero-order chi connectivity index (χ0) is 18.6. The molecule has 0 saturated carbocycles. The molecule has 6 nitrogen and oxygen atoms in total. The van der Waals surface area contributed by atoms with Crippen LogP contribution in [0.15, 0.2) is 48.9 Å². The molecule has 3 aromatic rings. The van der Waals surface area contributed by atoms with E-state index in [9.17, 15) is 4.79 Å². The zero-order valence-electron chi connectivity index (χ0n) is 15.5.